The maximum atomic E-state index is 13.0. The van der Waals surface area contributed by atoms with Crippen LogP contribution in [0.4, 0.5) is 4.39 Å². The lowest BCUT2D eigenvalue weighted by Crippen LogP contribution is -2.26. The van der Waals surface area contributed by atoms with E-state index in [9.17, 15) is 14.0 Å². The van der Waals surface area contributed by atoms with Gasteiger partial charge in [-0.1, -0.05) is 29.4 Å². The molecule has 0 bridgehead atoms. The van der Waals surface area contributed by atoms with Gasteiger partial charge in [0.05, 0.1) is 18.9 Å². The van der Waals surface area contributed by atoms with Crippen LogP contribution in [0.15, 0.2) is 53.7 Å². The van der Waals surface area contributed by atoms with Gasteiger partial charge in [-0.2, -0.15) is 0 Å². The summed E-state index contributed by atoms with van der Waals surface area (Å²) in [6.07, 6.45) is 1.32. The van der Waals surface area contributed by atoms with E-state index in [1.807, 2.05) is 0 Å². The Morgan fingerprint density at radius 2 is 1.96 bits per heavy atom. The molecule has 6 nitrogen and oxygen atoms in total. The quantitative estimate of drug-likeness (QED) is 0.475. The lowest BCUT2D eigenvalue weighted by molar-refractivity contribution is -0.125. The number of hydrogen-bond donors (Lipinski definition) is 1. The first-order valence-electron chi connectivity index (χ1n) is 7.43. The van der Waals surface area contributed by atoms with E-state index in [0.29, 0.717) is 11.1 Å². The summed E-state index contributed by atoms with van der Waals surface area (Å²) in [4.78, 5) is 27.8. The number of benzene rings is 2. The SMILES string of the molecule is COC(=O)c1ccc(CNC(=O)CO/N=C\c2cccc(F)c2)cc1. The highest BCUT2D eigenvalue weighted by atomic mass is 19.1. The van der Waals surface area contributed by atoms with Crippen molar-refractivity contribution in [2.75, 3.05) is 13.7 Å². The molecule has 0 heterocycles. The highest BCUT2D eigenvalue weighted by molar-refractivity contribution is 5.89. The van der Waals surface area contributed by atoms with Gasteiger partial charge in [-0.15, -0.1) is 0 Å². The number of hydrogen-bond acceptors (Lipinski definition) is 5. The van der Waals surface area contributed by atoms with E-state index < -0.39 is 5.97 Å². The monoisotopic (exact) mass is 344 g/mol. The van der Waals surface area contributed by atoms with E-state index >= 15 is 0 Å². The van der Waals surface area contributed by atoms with Gasteiger partial charge in [-0.05, 0) is 35.4 Å². The van der Waals surface area contributed by atoms with Crippen molar-refractivity contribution in [2.45, 2.75) is 6.54 Å². The molecule has 0 aromatic heterocycles. The minimum atomic E-state index is -0.417. The molecule has 1 amide bonds. The lowest BCUT2D eigenvalue weighted by Gasteiger charge is -2.05. The Hall–Kier alpha value is -3.22. The number of amides is 1. The normalized spacial score (nSPS) is 10.5. The topological polar surface area (TPSA) is 77.0 Å². The Kier molecular flexibility index (Phi) is 6.65. The van der Waals surface area contributed by atoms with E-state index in [1.165, 1.54) is 25.5 Å². The van der Waals surface area contributed by atoms with Crippen LogP contribution >= 0.6 is 0 Å². The van der Waals surface area contributed by atoms with Gasteiger partial charge in [0, 0.05) is 6.54 Å². The van der Waals surface area contributed by atoms with Crippen LogP contribution in [0.2, 0.25) is 0 Å². The molecule has 1 N–H and O–H groups in total. The number of ether oxygens (including phenoxy) is 1. The maximum absolute atomic E-state index is 13.0. The fraction of sp³-hybridized carbons (Fsp3) is 0.167. The van der Waals surface area contributed by atoms with Gasteiger partial charge in [0.2, 0.25) is 0 Å². The highest BCUT2D eigenvalue weighted by Crippen LogP contribution is 2.05. The predicted molar refractivity (Wildman–Crippen MR) is 89.6 cm³/mol. The molecule has 7 heteroatoms. The minimum absolute atomic E-state index is 0.258. The molecular formula is C18H17FN2O4. The van der Waals surface area contributed by atoms with E-state index in [2.05, 4.69) is 15.2 Å². The van der Waals surface area contributed by atoms with Crippen molar-refractivity contribution >= 4 is 18.1 Å². The third kappa shape index (κ3) is 6.06. The summed E-state index contributed by atoms with van der Waals surface area (Å²) in [5, 5.41) is 6.27. The van der Waals surface area contributed by atoms with Crippen molar-refractivity contribution < 1.29 is 23.6 Å². The standard InChI is InChI=1S/C18H17FN2O4/c1-24-18(23)15-7-5-13(6-8-15)10-20-17(22)12-25-21-11-14-3-2-4-16(19)9-14/h2-9,11H,10,12H2,1H3,(H,20,22)/b21-11-. The number of rotatable bonds is 7. The Morgan fingerprint density at radius 3 is 2.64 bits per heavy atom. The van der Waals surface area contributed by atoms with Gasteiger partial charge in [-0.3, -0.25) is 4.79 Å². The number of halogens is 1. The molecule has 2 aromatic rings. The summed E-state index contributed by atoms with van der Waals surface area (Å²) in [7, 11) is 1.31. The van der Waals surface area contributed by atoms with Crippen LogP contribution in [-0.2, 0) is 20.9 Å². The molecule has 0 unspecified atom stereocenters. The average molecular weight is 344 g/mol. The lowest BCUT2D eigenvalue weighted by atomic mass is 10.1. The molecule has 0 saturated carbocycles. The van der Waals surface area contributed by atoms with Gasteiger partial charge in [-0.25, -0.2) is 9.18 Å². The molecule has 0 aliphatic heterocycles. The predicted octanol–water partition coefficient (Wildman–Crippen LogP) is 2.28. The van der Waals surface area contributed by atoms with Gasteiger partial charge in [0.25, 0.3) is 5.91 Å². The van der Waals surface area contributed by atoms with Crippen LogP contribution in [-0.4, -0.2) is 31.8 Å². The number of nitrogens with zero attached hydrogens (tertiary/aromatic N) is 1. The Labute approximate surface area is 144 Å². The summed E-state index contributed by atoms with van der Waals surface area (Å²) < 4.78 is 17.6. The fourth-order valence-electron chi connectivity index (χ4n) is 1.91. The second-order valence-corrected chi connectivity index (χ2v) is 5.03. The van der Waals surface area contributed by atoms with Crippen LogP contribution in [0.3, 0.4) is 0 Å². The van der Waals surface area contributed by atoms with Crippen molar-refractivity contribution in [3.8, 4) is 0 Å². The summed E-state index contributed by atoms with van der Waals surface area (Å²) in [6, 6.07) is 12.5. The summed E-state index contributed by atoms with van der Waals surface area (Å²) in [5.74, 6) is -1.14. The number of carbonyl (C=O) groups excluding carboxylic acids is 2. The van der Waals surface area contributed by atoms with Crippen LogP contribution in [0.1, 0.15) is 21.5 Å². The van der Waals surface area contributed by atoms with Crippen LogP contribution in [0, 0.1) is 5.82 Å². The second-order valence-electron chi connectivity index (χ2n) is 5.03. The van der Waals surface area contributed by atoms with Crippen molar-refractivity contribution in [2.24, 2.45) is 5.16 Å². The fourth-order valence-corrected chi connectivity index (χ4v) is 1.91. The minimum Gasteiger partial charge on any atom is -0.465 e. The van der Waals surface area contributed by atoms with Crippen molar-refractivity contribution in [1.82, 2.24) is 5.32 Å². The largest absolute Gasteiger partial charge is 0.465 e. The number of oxime groups is 1. The van der Waals surface area contributed by atoms with Crippen LogP contribution < -0.4 is 5.32 Å². The summed E-state index contributed by atoms with van der Waals surface area (Å²) in [5.41, 5.74) is 1.79. The average Bonchev–Trinajstić information content (AvgIpc) is 2.63. The first kappa shape index (κ1) is 18.1. The molecule has 0 aliphatic carbocycles. The highest BCUT2D eigenvalue weighted by Gasteiger charge is 2.05. The molecule has 0 saturated heterocycles. The van der Waals surface area contributed by atoms with E-state index in [1.54, 1.807) is 36.4 Å². The van der Waals surface area contributed by atoms with Crippen LogP contribution in [0.5, 0.6) is 0 Å². The molecule has 2 aromatic carbocycles. The number of methoxy groups -OCH3 is 1. The zero-order valence-corrected chi connectivity index (χ0v) is 13.6. The number of carbonyl (C=O) groups is 2. The number of nitrogens with one attached hydrogen (secondary N) is 1. The van der Waals surface area contributed by atoms with E-state index in [0.717, 1.165) is 5.56 Å². The van der Waals surface area contributed by atoms with Gasteiger partial charge >= 0.3 is 5.97 Å². The molecule has 0 spiro atoms. The Morgan fingerprint density at radius 1 is 1.20 bits per heavy atom. The zero-order chi connectivity index (χ0) is 18.1. The Balaban J connectivity index is 1.72. The van der Waals surface area contributed by atoms with Gasteiger partial charge < -0.3 is 14.9 Å². The van der Waals surface area contributed by atoms with Crippen LogP contribution in [0.25, 0.3) is 0 Å². The van der Waals surface area contributed by atoms with E-state index in [4.69, 9.17) is 4.84 Å². The van der Waals surface area contributed by atoms with E-state index in [-0.39, 0.29) is 24.9 Å². The third-order valence-corrected chi connectivity index (χ3v) is 3.19. The Bertz CT molecular complexity index is 760. The first-order valence-corrected chi connectivity index (χ1v) is 7.43. The maximum Gasteiger partial charge on any atom is 0.337 e. The third-order valence-electron chi connectivity index (χ3n) is 3.19. The van der Waals surface area contributed by atoms with Crippen molar-refractivity contribution in [1.29, 1.82) is 0 Å². The number of esters is 1. The molecule has 0 radical (unpaired) electrons. The molecule has 2 rings (SSSR count). The first-order chi connectivity index (χ1) is 12.1. The molecule has 130 valence electrons. The zero-order valence-electron chi connectivity index (χ0n) is 13.6. The molecule has 25 heavy (non-hydrogen) atoms. The van der Waals surface area contributed by atoms with Crippen molar-refractivity contribution in [3.63, 3.8) is 0 Å². The van der Waals surface area contributed by atoms with Crippen molar-refractivity contribution in [3.05, 3.63) is 71.0 Å². The molecule has 0 fully saturated rings. The molecule has 0 aliphatic rings. The smallest absolute Gasteiger partial charge is 0.337 e. The van der Waals surface area contributed by atoms with Gasteiger partial charge in [0.15, 0.2) is 6.61 Å². The summed E-state index contributed by atoms with van der Waals surface area (Å²) in [6.45, 7) is 0.0311. The second kappa shape index (κ2) is 9.17. The summed E-state index contributed by atoms with van der Waals surface area (Å²) >= 11 is 0. The molecule has 0 atom stereocenters. The van der Waals surface area contributed by atoms with Gasteiger partial charge in [0.1, 0.15) is 5.82 Å². The molecular weight excluding hydrogens is 327 g/mol.